The van der Waals surface area contributed by atoms with Crippen molar-refractivity contribution in [2.45, 2.75) is 39.5 Å². The standard InChI is InChI=1S/C20H20N2OS/c1-12(2)11-17-21-19-18(15-5-4-6-16(15)24-19)20(23)22(17)14-9-7-13(3)8-10-14/h7-10H,1,4-6,11H2,2-3H3. The first-order valence-corrected chi connectivity index (χ1v) is 9.14. The van der Waals surface area contributed by atoms with E-state index in [9.17, 15) is 4.79 Å². The smallest absolute Gasteiger partial charge is 0.267 e. The molecule has 0 bridgehead atoms. The molecular weight excluding hydrogens is 316 g/mol. The van der Waals surface area contributed by atoms with Crippen molar-refractivity contribution < 1.29 is 0 Å². The molecule has 4 heteroatoms. The summed E-state index contributed by atoms with van der Waals surface area (Å²) in [4.78, 5) is 20.4. The lowest BCUT2D eigenvalue weighted by Gasteiger charge is -2.13. The quantitative estimate of drug-likeness (QED) is 0.666. The van der Waals surface area contributed by atoms with Crippen molar-refractivity contribution in [3.05, 3.63) is 68.6 Å². The second-order valence-corrected chi connectivity index (χ2v) is 7.76. The Hall–Kier alpha value is -2.20. The summed E-state index contributed by atoms with van der Waals surface area (Å²) < 4.78 is 1.78. The van der Waals surface area contributed by atoms with Gasteiger partial charge in [0.25, 0.3) is 5.56 Å². The maximum Gasteiger partial charge on any atom is 0.267 e. The van der Waals surface area contributed by atoms with Crippen molar-refractivity contribution in [3.8, 4) is 5.69 Å². The molecule has 4 rings (SSSR count). The summed E-state index contributed by atoms with van der Waals surface area (Å²) in [6, 6.07) is 8.07. The van der Waals surface area contributed by atoms with Gasteiger partial charge >= 0.3 is 0 Å². The molecular formula is C20H20N2OS. The summed E-state index contributed by atoms with van der Waals surface area (Å²) in [6.45, 7) is 8.03. The molecule has 0 saturated carbocycles. The predicted molar refractivity (Wildman–Crippen MR) is 100 cm³/mol. The van der Waals surface area contributed by atoms with Gasteiger partial charge in [0.15, 0.2) is 0 Å². The van der Waals surface area contributed by atoms with Gasteiger partial charge in [0.1, 0.15) is 10.7 Å². The average molecular weight is 336 g/mol. The number of aryl methyl sites for hydroxylation is 3. The van der Waals surface area contributed by atoms with E-state index in [4.69, 9.17) is 4.98 Å². The van der Waals surface area contributed by atoms with Crippen LogP contribution in [0.3, 0.4) is 0 Å². The first-order valence-electron chi connectivity index (χ1n) is 8.32. The number of allylic oxidation sites excluding steroid dienone is 1. The molecule has 0 aliphatic heterocycles. The zero-order valence-electron chi connectivity index (χ0n) is 14.1. The van der Waals surface area contributed by atoms with Gasteiger partial charge in [-0.25, -0.2) is 4.98 Å². The highest BCUT2D eigenvalue weighted by molar-refractivity contribution is 7.18. The number of hydrogen-bond acceptors (Lipinski definition) is 3. The zero-order valence-corrected chi connectivity index (χ0v) is 14.9. The van der Waals surface area contributed by atoms with E-state index >= 15 is 0 Å². The van der Waals surface area contributed by atoms with Gasteiger partial charge in [-0.15, -0.1) is 11.3 Å². The van der Waals surface area contributed by atoms with E-state index in [-0.39, 0.29) is 5.56 Å². The van der Waals surface area contributed by atoms with Crippen LogP contribution >= 0.6 is 11.3 Å². The molecule has 2 heterocycles. The first-order chi connectivity index (χ1) is 11.5. The lowest BCUT2D eigenvalue weighted by Crippen LogP contribution is -2.24. The average Bonchev–Trinajstić information content (AvgIpc) is 3.08. The fourth-order valence-electron chi connectivity index (χ4n) is 3.43. The summed E-state index contributed by atoms with van der Waals surface area (Å²) in [5.74, 6) is 0.781. The van der Waals surface area contributed by atoms with E-state index in [1.807, 2.05) is 31.2 Å². The number of nitrogens with zero attached hydrogens (tertiary/aromatic N) is 2. The second kappa shape index (κ2) is 5.71. The summed E-state index contributed by atoms with van der Waals surface area (Å²) in [5, 5.41) is 0.832. The van der Waals surface area contributed by atoms with Gasteiger partial charge in [0.05, 0.1) is 11.1 Å². The molecule has 0 N–H and O–H groups in total. The fraction of sp³-hybridized carbons (Fsp3) is 0.300. The Kier molecular flexibility index (Phi) is 3.65. The van der Waals surface area contributed by atoms with Gasteiger partial charge in [-0.05, 0) is 50.8 Å². The van der Waals surface area contributed by atoms with Gasteiger partial charge < -0.3 is 0 Å². The number of benzene rings is 1. The van der Waals surface area contributed by atoms with Crippen molar-refractivity contribution in [3.63, 3.8) is 0 Å². The molecule has 0 radical (unpaired) electrons. The third kappa shape index (κ3) is 2.42. The van der Waals surface area contributed by atoms with Crippen LogP contribution in [0.4, 0.5) is 0 Å². The monoisotopic (exact) mass is 336 g/mol. The van der Waals surface area contributed by atoms with Crippen LogP contribution in [-0.2, 0) is 19.3 Å². The minimum Gasteiger partial charge on any atom is -0.268 e. The minimum absolute atomic E-state index is 0.0690. The third-order valence-corrected chi connectivity index (χ3v) is 5.75. The molecule has 1 aliphatic rings. The molecule has 1 aliphatic carbocycles. The molecule has 1 aromatic carbocycles. The zero-order chi connectivity index (χ0) is 16.8. The molecule has 0 unspecified atom stereocenters. The predicted octanol–water partition coefficient (Wildman–Crippen LogP) is 4.36. The first kappa shape index (κ1) is 15.3. The number of fused-ring (bicyclic) bond motifs is 3. The van der Waals surface area contributed by atoms with Gasteiger partial charge in [-0.3, -0.25) is 9.36 Å². The van der Waals surface area contributed by atoms with Crippen LogP contribution < -0.4 is 5.56 Å². The van der Waals surface area contributed by atoms with Crippen molar-refractivity contribution in [1.82, 2.24) is 9.55 Å². The highest BCUT2D eigenvalue weighted by Crippen LogP contribution is 2.35. The largest absolute Gasteiger partial charge is 0.268 e. The fourth-order valence-corrected chi connectivity index (χ4v) is 4.70. The Morgan fingerprint density at radius 1 is 1.29 bits per heavy atom. The van der Waals surface area contributed by atoms with E-state index in [0.717, 1.165) is 46.6 Å². The molecule has 0 fully saturated rings. The lowest BCUT2D eigenvalue weighted by atomic mass is 10.1. The van der Waals surface area contributed by atoms with Gasteiger partial charge in [-0.2, -0.15) is 0 Å². The van der Waals surface area contributed by atoms with Crippen LogP contribution in [0.2, 0.25) is 0 Å². The molecule has 3 nitrogen and oxygen atoms in total. The van der Waals surface area contributed by atoms with Crippen LogP contribution in [0, 0.1) is 6.92 Å². The molecule has 0 saturated heterocycles. The SMILES string of the molecule is C=C(C)Cc1nc2sc3c(c2c(=O)n1-c1ccc(C)cc1)CCC3. The molecule has 0 atom stereocenters. The summed E-state index contributed by atoms with van der Waals surface area (Å²) in [5.41, 5.74) is 4.37. The lowest BCUT2D eigenvalue weighted by molar-refractivity contribution is 0.843. The molecule has 24 heavy (non-hydrogen) atoms. The Morgan fingerprint density at radius 3 is 2.75 bits per heavy atom. The normalized spacial score (nSPS) is 13.4. The summed E-state index contributed by atoms with van der Waals surface area (Å²) >= 11 is 1.69. The number of rotatable bonds is 3. The van der Waals surface area contributed by atoms with E-state index in [0.29, 0.717) is 6.42 Å². The molecule has 0 amide bonds. The van der Waals surface area contributed by atoms with Crippen molar-refractivity contribution in [2.24, 2.45) is 0 Å². The number of hydrogen-bond donors (Lipinski definition) is 0. The third-order valence-electron chi connectivity index (χ3n) is 4.56. The Balaban J connectivity index is 2.04. The van der Waals surface area contributed by atoms with Crippen LogP contribution in [0.15, 0.2) is 41.2 Å². The van der Waals surface area contributed by atoms with E-state index in [1.165, 1.54) is 16.0 Å². The van der Waals surface area contributed by atoms with Crippen molar-refractivity contribution in [1.29, 1.82) is 0 Å². The van der Waals surface area contributed by atoms with Gasteiger partial charge in [-0.1, -0.05) is 29.8 Å². The maximum atomic E-state index is 13.3. The van der Waals surface area contributed by atoms with Crippen molar-refractivity contribution >= 4 is 21.6 Å². The Labute approximate surface area is 145 Å². The number of aromatic nitrogens is 2. The van der Waals surface area contributed by atoms with E-state index in [1.54, 1.807) is 15.9 Å². The Morgan fingerprint density at radius 2 is 2.04 bits per heavy atom. The summed E-state index contributed by atoms with van der Waals surface area (Å²) in [6.07, 6.45) is 3.84. The number of thiophene rings is 1. The Bertz CT molecular complexity index is 1010. The summed E-state index contributed by atoms with van der Waals surface area (Å²) in [7, 11) is 0. The van der Waals surface area contributed by atoms with Crippen LogP contribution in [-0.4, -0.2) is 9.55 Å². The minimum atomic E-state index is 0.0690. The molecule has 2 aromatic heterocycles. The molecule has 122 valence electrons. The van der Waals surface area contributed by atoms with Gasteiger partial charge in [0, 0.05) is 11.3 Å². The highest BCUT2D eigenvalue weighted by Gasteiger charge is 2.23. The molecule has 0 spiro atoms. The second-order valence-electron chi connectivity index (χ2n) is 6.68. The topological polar surface area (TPSA) is 34.9 Å². The van der Waals surface area contributed by atoms with Crippen LogP contribution in [0.25, 0.3) is 15.9 Å². The van der Waals surface area contributed by atoms with Gasteiger partial charge in [0.2, 0.25) is 0 Å². The van der Waals surface area contributed by atoms with Crippen LogP contribution in [0.1, 0.15) is 35.2 Å². The highest BCUT2D eigenvalue weighted by atomic mass is 32.1. The van der Waals surface area contributed by atoms with E-state index < -0.39 is 0 Å². The van der Waals surface area contributed by atoms with Crippen LogP contribution in [0.5, 0.6) is 0 Å². The van der Waals surface area contributed by atoms with E-state index in [2.05, 4.69) is 13.5 Å². The molecule has 3 aromatic rings. The van der Waals surface area contributed by atoms with Crippen molar-refractivity contribution in [2.75, 3.05) is 0 Å². The maximum absolute atomic E-state index is 13.3.